The van der Waals surface area contributed by atoms with E-state index in [1.165, 1.54) is 0 Å². The van der Waals surface area contributed by atoms with Crippen LogP contribution in [0.4, 0.5) is 5.69 Å². The van der Waals surface area contributed by atoms with E-state index in [2.05, 4.69) is 6.92 Å². The fourth-order valence-electron chi connectivity index (χ4n) is 1.94. The Labute approximate surface area is 115 Å². The van der Waals surface area contributed by atoms with Crippen molar-refractivity contribution in [3.05, 3.63) is 29.3 Å². The number of benzene rings is 1. The number of amides is 1. The SMILES string of the molecule is CCC(C)N(CCOC)C(=O)c1cc(C)ccc1N. The Hall–Kier alpha value is -1.55. The molecule has 1 atom stereocenters. The highest BCUT2D eigenvalue weighted by atomic mass is 16.5. The minimum Gasteiger partial charge on any atom is -0.398 e. The van der Waals surface area contributed by atoms with Crippen molar-refractivity contribution >= 4 is 11.6 Å². The standard InChI is InChI=1S/C15H24N2O2/c1-5-12(3)17(8-9-19-4)15(18)13-10-11(2)6-7-14(13)16/h6-7,10,12H,5,8-9,16H2,1-4H3. The molecule has 1 amide bonds. The first-order valence-electron chi connectivity index (χ1n) is 6.67. The number of nitrogen functional groups attached to an aromatic ring is 1. The molecule has 0 aliphatic heterocycles. The number of methoxy groups -OCH3 is 1. The summed E-state index contributed by atoms with van der Waals surface area (Å²) in [4.78, 5) is 14.4. The van der Waals surface area contributed by atoms with Crippen LogP contribution in [-0.4, -0.2) is 37.1 Å². The van der Waals surface area contributed by atoms with Gasteiger partial charge in [0.2, 0.25) is 0 Å². The van der Waals surface area contributed by atoms with Gasteiger partial charge in [-0.05, 0) is 32.4 Å². The lowest BCUT2D eigenvalue weighted by molar-refractivity contribution is 0.0615. The summed E-state index contributed by atoms with van der Waals surface area (Å²) in [6.07, 6.45) is 0.904. The Kier molecular flexibility index (Phi) is 5.83. The Morgan fingerprint density at radius 2 is 2.16 bits per heavy atom. The van der Waals surface area contributed by atoms with Crippen molar-refractivity contribution < 1.29 is 9.53 Å². The molecule has 0 saturated heterocycles. The van der Waals surface area contributed by atoms with E-state index in [4.69, 9.17) is 10.5 Å². The van der Waals surface area contributed by atoms with Crippen molar-refractivity contribution in [1.82, 2.24) is 4.90 Å². The van der Waals surface area contributed by atoms with Gasteiger partial charge in [0.05, 0.1) is 12.2 Å². The number of carbonyl (C=O) groups excluding carboxylic acids is 1. The summed E-state index contributed by atoms with van der Waals surface area (Å²) in [5.41, 5.74) is 8.06. The quantitative estimate of drug-likeness (QED) is 0.803. The highest BCUT2D eigenvalue weighted by Gasteiger charge is 2.21. The van der Waals surface area contributed by atoms with Crippen LogP contribution in [0.25, 0.3) is 0 Å². The Morgan fingerprint density at radius 1 is 1.47 bits per heavy atom. The number of hydrogen-bond donors (Lipinski definition) is 1. The second kappa shape index (κ2) is 7.14. The van der Waals surface area contributed by atoms with Crippen LogP contribution >= 0.6 is 0 Å². The molecule has 4 heteroatoms. The molecular weight excluding hydrogens is 240 g/mol. The molecule has 0 aliphatic carbocycles. The summed E-state index contributed by atoms with van der Waals surface area (Å²) in [5.74, 6) is -0.0207. The third kappa shape index (κ3) is 3.96. The first-order chi connectivity index (χ1) is 9.01. The van der Waals surface area contributed by atoms with Crippen LogP contribution in [0.5, 0.6) is 0 Å². The van der Waals surface area contributed by atoms with E-state index in [9.17, 15) is 4.79 Å². The molecule has 0 aliphatic rings. The molecule has 0 spiro atoms. The van der Waals surface area contributed by atoms with Crippen molar-refractivity contribution in [1.29, 1.82) is 0 Å². The molecule has 0 aromatic heterocycles. The topological polar surface area (TPSA) is 55.6 Å². The smallest absolute Gasteiger partial charge is 0.256 e. The molecule has 1 unspecified atom stereocenters. The van der Waals surface area contributed by atoms with Gasteiger partial charge in [0, 0.05) is 25.4 Å². The lowest BCUT2D eigenvalue weighted by Crippen LogP contribution is -2.40. The van der Waals surface area contributed by atoms with E-state index in [0.29, 0.717) is 24.4 Å². The maximum absolute atomic E-state index is 12.6. The van der Waals surface area contributed by atoms with Crippen LogP contribution in [-0.2, 0) is 4.74 Å². The van der Waals surface area contributed by atoms with Gasteiger partial charge in [-0.15, -0.1) is 0 Å². The fraction of sp³-hybridized carbons (Fsp3) is 0.533. The molecule has 0 saturated carbocycles. The van der Waals surface area contributed by atoms with Gasteiger partial charge in [0.15, 0.2) is 0 Å². The average Bonchev–Trinajstić information content (AvgIpc) is 2.41. The second-order valence-corrected chi connectivity index (χ2v) is 4.84. The number of carbonyl (C=O) groups is 1. The van der Waals surface area contributed by atoms with Crippen molar-refractivity contribution in [3.63, 3.8) is 0 Å². The van der Waals surface area contributed by atoms with Crippen LogP contribution in [0.15, 0.2) is 18.2 Å². The summed E-state index contributed by atoms with van der Waals surface area (Å²) in [6, 6.07) is 5.71. The van der Waals surface area contributed by atoms with Crippen molar-refractivity contribution in [2.45, 2.75) is 33.2 Å². The summed E-state index contributed by atoms with van der Waals surface area (Å²) in [5, 5.41) is 0. The van der Waals surface area contributed by atoms with Crippen LogP contribution < -0.4 is 5.73 Å². The van der Waals surface area contributed by atoms with Gasteiger partial charge in [0.1, 0.15) is 0 Å². The number of nitrogens with zero attached hydrogens (tertiary/aromatic N) is 1. The zero-order chi connectivity index (χ0) is 14.4. The largest absolute Gasteiger partial charge is 0.398 e. The third-order valence-electron chi connectivity index (χ3n) is 3.36. The Balaban J connectivity index is 3.00. The van der Waals surface area contributed by atoms with Crippen molar-refractivity contribution in [2.24, 2.45) is 0 Å². The minimum absolute atomic E-state index is 0.0207. The monoisotopic (exact) mass is 264 g/mol. The average molecular weight is 264 g/mol. The number of aryl methyl sites for hydroxylation is 1. The van der Waals surface area contributed by atoms with E-state index in [-0.39, 0.29) is 11.9 Å². The van der Waals surface area contributed by atoms with E-state index in [1.807, 2.05) is 30.9 Å². The summed E-state index contributed by atoms with van der Waals surface area (Å²) < 4.78 is 5.08. The molecular formula is C15H24N2O2. The van der Waals surface area contributed by atoms with Gasteiger partial charge in [0.25, 0.3) is 5.91 Å². The molecule has 1 aromatic carbocycles. The predicted molar refractivity (Wildman–Crippen MR) is 78.3 cm³/mol. The van der Waals surface area contributed by atoms with E-state index in [0.717, 1.165) is 12.0 Å². The van der Waals surface area contributed by atoms with Gasteiger partial charge in [-0.2, -0.15) is 0 Å². The van der Waals surface area contributed by atoms with Crippen LogP contribution in [0.3, 0.4) is 0 Å². The Morgan fingerprint density at radius 3 is 2.74 bits per heavy atom. The maximum atomic E-state index is 12.6. The predicted octanol–water partition coefficient (Wildman–Crippen LogP) is 2.46. The highest BCUT2D eigenvalue weighted by molar-refractivity contribution is 5.99. The number of rotatable bonds is 6. The van der Waals surface area contributed by atoms with Crippen molar-refractivity contribution in [3.8, 4) is 0 Å². The van der Waals surface area contributed by atoms with Gasteiger partial charge < -0.3 is 15.4 Å². The van der Waals surface area contributed by atoms with Gasteiger partial charge in [-0.25, -0.2) is 0 Å². The molecule has 2 N–H and O–H groups in total. The number of anilines is 1. The molecule has 0 radical (unpaired) electrons. The summed E-state index contributed by atoms with van der Waals surface area (Å²) in [7, 11) is 1.64. The van der Waals surface area contributed by atoms with Crippen LogP contribution in [0.1, 0.15) is 36.2 Å². The lowest BCUT2D eigenvalue weighted by atomic mass is 10.1. The molecule has 106 valence electrons. The van der Waals surface area contributed by atoms with Gasteiger partial charge >= 0.3 is 0 Å². The molecule has 0 heterocycles. The number of nitrogens with two attached hydrogens (primary N) is 1. The van der Waals surface area contributed by atoms with Crippen molar-refractivity contribution in [2.75, 3.05) is 26.0 Å². The molecule has 4 nitrogen and oxygen atoms in total. The van der Waals surface area contributed by atoms with Gasteiger partial charge in [-0.3, -0.25) is 4.79 Å². The normalized spacial score (nSPS) is 12.2. The minimum atomic E-state index is -0.0207. The first-order valence-corrected chi connectivity index (χ1v) is 6.67. The first kappa shape index (κ1) is 15.5. The lowest BCUT2D eigenvalue weighted by Gasteiger charge is -2.29. The number of hydrogen-bond acceptors (Lipinski definition) is 3. The molecule has 19 heavy (non-hydrogen) atoms. The van der Waals surface area contributed by atoms with Gasteiger partial charge in [-0.1, -0.05) is 18.6 Å². The molecule has 1 aromatic rings. The van der Waals surface area contributed by atoms with E-state index in [1.54, 1.807) is 13.2 Å². The van der Waals surface area contributed by atoms with Crippen LogP contribution in [0.2, 0.25) is 0 Å². The zero-order valence-electron chi connectivity index (χ0n) is 12.3. The maximum Gasteiger partial charge on any atom is 0.256 e. The third-order valence-corrected chi connectivity index (χ3v) is 3.36. The number of ether oxygens (including phenoxy) is 1. The summed E-state index contributed by atoms with van der Waals surface area (Å²) >= 11 is 0. The molecule has 0 fully saturated rings. The summed E-state index contributed by atoms with van der Waals surface area (Å²) in [6.45, 7) is 7.18. The van der Waals surface area contributed by atoms with Crippen LogP contribution in [0, 0.1) is 6.92 Å². The Bertz CT molecular complexity index is 432. The molecule has 0 bridgehead atoms. The fourth-order valence-corrected chi connectivity index (χ4v) is 1.94. The van der Waals surface area contributed by atoms with E-state index < -0.39 is 0 Å². The van der Waals surface area contributed by atoms with E-state index >= 15 is 0 Å². The highest BCUT2D eigenvalue weighted by Crippen LogP contribution is 2.18. The zero-order valence-corrected chi connectivity index (χ0v) is 12.3. The second-order valence-electron chi connectivity index (χ2n) is 4.84. The molecule has 1 rings (SSSR count).